The molecule has 94 valence electrons. The molecule has 0 aliphatic carbocycles. The van der Waals surface area contributed by atoms with Gasteiger partial charge in [0.15, 0.2) is 0 Å². The van der Waals surface area contributed by atoms with Gasteiger partial charge >= 0.3 is 5.97 Å². The van der Waals surface area contributed by atoms with Crippen molar-refractivity contribution in [2.45, 2.75) is 12.8 Å². The molecule has 0 fully saturated rings. The second kappa shape index (κ2) is 5.83. The van der Waals surface area contributed by atoms with Crippen molar-refractivity contribution in [2.24, 2.45) is 0 Å². The predicted molar refractivity (Wildman–Crippen MR) is 63.5 cm³/mol. The molecule has 1 heterocycles. The molecule has 0 saturated heterocycles. The SMILES string of the molecule is O=C(O)CCCS(=O)(=O)Nc1cccc(Cl)n1. The summed E-state index contributed by atoms with van der Waals surface area (Å²) in [5.74, 6) is -1.18. The van der Waals surface area contributed by atoms with Crippen molar-refractivity contribution in [1.29, 1.82) is 0 Å². The van der Waals surface area contributed by atoms with Crippen LogP contribution >= 0.6 is 11.6 Å². The number of hydrogen-bond donors (Lipinski definition) is 2. The summed E-state index contributed by atoms with van der Waals surface area (Å²) >= 11 is 5.60. The Morgan fingerprint density at radius 3 is 2.76 bits per heavy atom. The summed E-state index contributed by atoms with van der Waals surface area (Å²) in [6.45, 7) is 0. The van der Waals surface area contributed by atoms with E-state index in [-0.39, 0.29) is 29.6 Å². The predicted octanol–water partition coefficient (Wildman–Crippen LogP) is 1.34. The number of hydrogen-bond acceptors (Lipinski definition) is 4. The van der Waals surface area contributed by atoms with E-state index < -0.39 is 16.0 Å². The summed E-state index contributed by atoms with van der Waals surface area (Å²) in [7, 11) is -3.58. The Hall–Kier alpha value is -1.34. The maximum absolute atomic E-state index is 11.5. The summed E-state index contributed by atoms with van der Waals surface area (Å²) in [6.07, 6.45) is -0.144. The van der Waals surface area contributed by atoms with E-state index in [1.165, 1.54) is 12.1 Å². The Balaban J connectivity index is 2.57. The number of nitrogens with one attached hydrogen (secondary N) is 1. The molecule has 1 aromatic rings. The topological polar surface area (TPSA) is 96.4 Å². The van der Waals surface area contributed by atoms with Crippen LogP contribution in [0.3, 0.4) is 0 Å². The quantitative estimate of drug-likeness (QED) is 0.766. The number of rotatable bonds is 6. The van der Waals surface area contributed by atoms with Gasteiger partial charge in [-0.1, -0.05) is 17.7 Å². The van der Waals surface area contributed by atoms with Crippen molar-refractivity contribution in [2.75, 3.05) is 10.5 Å². The van der Waals surface area contributed by atoms with Crippen LogP contribution in [0.2, 0.25) is 5.15 Å². The third-order valence-corrected chi connectivity index (χ3v) is 3.34. The Morgan fingerprint density at radius 1 is 1.47 bits per heavy atom. The van der Waals surface area contributed by atoms with Crippen LogP contribution in [0.5, 0.6) is 0 Å². The van der Waals surface area contributed by atoms with Crippen LogP contribution in [-0.2, 0) is 14.8 Å². The molecule has 0 atom stereocenters. The molecule has 17 heavy (non-hydrogen) atoms. The molecule has 0 bridgehead atoms. The van der Waals surface area contributed by atoms with Crippen LogP contribution < -0.4 is 4.72 Å². The minimum Gasteiger partial charge on any atom is -0.481 e. The van der Waals surface area contributed by atoms with E-state index in [9.17, 15) is 13.2 Å². The van der Waals surface area contributed by atoms with Gasteiger partial charge in [0.2, 0.25) is 10.0 Å². The highest BCUT2D eigenvalue weighted by atomic mass is 35.5. The zero-order valence-corrected chi connectivity index (χ0v) is 10.3. The van der Waals surface area contributed by atoms with Crippen LogP contribution in [0.4, 0.5) is 5.82 Å². The molecule has 0 aliphatic rings. The lowest BCUT2D eigenvalue weighted by Gasteiger charge is -2.06. The van der Waals surface area contributed by atoms with Crippen molar-refractivity contribution in [1.82, 2.24) is 4.98 Å². The Morgan fingerprint density at radius 2 is 2.18 bits per heavy atom. The van der Waals surface area contributed by atoms with Gasteiger partial charge in [-0.25, -0.2) is 13.4 Å². The second-order valence-electron chi connectivity index (χ2n) is 3.26. The average Bonchev–Trinajstić information content (AvgIpc) is 2.15. The second-order valence-corrected chi connectivity index (χ2v) is 5.49. The lowest BCUT2D eigenvalue weighted by Crippen LogP contribution is -2.18. The van der Waals surface area contributed by atoms with Crippen LogP contribution in [0, 0.1) is 0 Å². The first-order valence-corrected chi connectivity index (χ1v) is 6.77. The first-order chi connectivity index (χ1) is 7.89. The first kappa shape index (κ1) is 13.7. The van der Waals surface area contributed by atoms with Gasteiger partial charge in [-0.2, -0.15) is 0 Å². The molecular formula is C9H11ClN2O4S. The fourth-order valence-corrected chi connectivity index (χ4v) is 2.31. The molecule has 0 aliphatic heterocycles. The van der Waals surface area contributed by atoms with Gasteiger partial charge in [-0.15, -0.1) is 0 Å². The molecule has 0 radical (unpaired) electrons. The van der Waals surface area contributed by atoms with Crippen molar-refractivity contribution < 1.29 is 18.3 Å². The highest BCUT2D eigenvalue weighted by molar-refractivity contribution is 7.92. The number of anilines is 1. The third kappa shape index (κ3) is 5.50. The Labute approximate surface area is 104 Å². The molecule has 2 N–H and O–H groups in total. The minimum absolute atomic E-state index is 0.0469. The maximum Gasteiger partial charge on any atom is 0.303 e. The van der Waals surface area contributed by atoms with E-state index in [4.69, 9.17) is 16.7 Å². The standard InChI is InChI=1S/C9H11ClN2O4S/c10-7-3-1-4-8(11-7)12-17(15,16)6-2-5-9(13)14/h1,3-4H,2,5-6H2,(H,11,12)(H,13,14). The van der Waals surface area contributed by atoms with Crippen LogP contribution in [-0.4, -0.2) is 30.2 Å². The molecular weight excluding hydrogens is 268 g/mol. The smallest absolute Gasteiger partial charge is 0.303 e. The number of carboxylic acid groups (broad SMARTS) is 1. The van der Waals surface area contributed by atoms with Crippen molar-refractivity contribution in [3.63, 3.8) is 0 Å². The van der Waals surface area contributed by atoms with Gasteiger partial charge < -0.3 is 5.11 Å². The number of pyridine rings is 1. The number of carboxylic acids is 1. The molecule has 8 heteroatoms. The highest BCUT2D eigenvalue weighted by Crippen LogP contribution is 2.11. The summed E-state index contributed by atoms with van der Waals surface area (Å²) in [5, 5.41) is 8.57. The zero-order chi connectivity index (χ0) is 12.9. The number of sulfonamides is 1. The van der Waals surface area contributed by atoms with Gasteiger partial charge in [0.05, 0.1) is 5.75 Å². The van der Waals surface area contributed by atoms with Crippen LogP contribution in [0.1, 0.15) is 12.8 Å². The van der Waals surface area contributed by atoms with Crippen molar-refractivity contribution in [3.05, 3.63) is 23.4 Å². The monoisotopic (exact) mass is 278 g/mol. The van der Waals surface area contributed by atoms with E-state index >= 15 is 0 Å². The number of aliphatic carboxylic acids is 1. The van der Waals surface area contributed by atoms with E-state index in [0.29, 0.717) is 0 Å². The van der Waals surface area contributed by atoms with Gasteiger partial charge in [0.25, 0.3) is 0 Å². The van der Waals surface area contributed by atoms with Gasteiger partial charge in [0, 0.05) is 6.42 Å². The van der Waals surface area contributed by atoms with Gasteiger partial charge in [-0.05, 0) is 18.6 Å². The fraction of sp³-hybridized carbons (Fsp3) is 0.333. The zero-order valence-electron chi connectivity index (χ0n) is 8.76. The van der Waals surface area contributed by atoms with Crippen LogP contribution in [0.15, 0.2) is 18.2 Å². The van der Waals surface area contributed by atoms with Crippen molar-refractivity contribution >= 4 is 33.4 Å². The first-order valence-electron chi connectivity index (χ1n) is 4.74. The summed E-state index contributed by atoms with van der Waals surface area (Å²) < 4.78 is 25.2. The molecule has 1 aromatic heterocycles. The van der Waals surface area contributed by atoms with Crippen molar-refractivity contribution in [3.8, 4) is 0 Å². The third-order valence-electron chi connectivity index (χ3n) is 1.78. The van der Waals surface area contributed by atoms with E-state index in [0.717, 1.165) is 0 Å². The summed E-state index contributed by atoms with van der Waals surface area (Å²) in [4.78, 5) is 14.0. The van der Waals surface area contributed by atoms with E-state index in [1.807, 2.05) is 0 Å². The molecule has 0 spiro atoms. The maximum atomic E-state index is 11.5. The number of aromatic nitrogens is 1. The fourth-order valence-electron chi connectivity index (χ4n) is 1.09. The Kier molecular flexibility index (Phi) is 4.71. The highest BCUT2D eigenvalue weighted by Gasteiger charge is 2.12. The normalized spacial score (nSPS) is 11.1. The number of carbonyl (C=O) groups is 1. The molecule has 0 aromatic carbocycles. The van der Waals surface area contributed by atoms with Gasteiger partial charge in [0.1, 0.15) is 11.0 Å². The summed E-state index contributed by atoms with van der Waals surface area (Å²) in [6, 6.07) is 4.54. The molecule has 6 nitrogen and oxygen atoms in total. The minimum atomic E-state index is -3.58. The molecule has 0 saturated carbocycles. The van der Waals surface area contributed by atoms with E-state index in [2.05, 4.69) is 9.71 Å². The summed E-state index contributed by atoms with van der Waals surface area (Å²) in [5.41, 5.74) is 0. The number of nitrogens with zero attached hydrogens (tertiary/aromatic N) is 1. The lowest BCUT2D eigenvalue weighted by atomic mass is 10.3. The van der Waals surface area contributed by atoms with E-state index in [1.54, 1.807) is 6.07 Å². The largest absolute Gasteiger partial charge is 0.481 e. The molecule has 0 amide bonds. The van der Waals surface area contributed by atoms with Gasteiger partial charge in [-0.3, -0.25) is 9.52 Å². The van der Waals surface area contributed by atoms with Crippen LogP contribution in [0.25, 0.3) is 0 Å². The molecule has 1 rings (SSSR count). The molecule has 0 unspecified atom stereocenters. The average molecular weight is 279 g/mol. The number of halogens is 1. The lowest BCUT2D eigenvalue weighted by molar-refractivity contribution is -0.137. The Bertz CT molecular complexity index is 503.